The van der Waals surface area contributed by atoms with Crippen molar-refractivity contribution < 1.29 is 28.7 Å². The lowest BCUT2D eigenvalue weighted by molar-refractivity contribution is -0.153. The van der Waals surface area contributed by atoms with Gasteiger partial charge >= 0.3 is 5.97 Å². The standard InChI is InChI=1S/C25H39N3O6S2/c1-6-18-24(32)28-22(15(4)5)25(33)34-17(9-7-8-10-35)12-20(30)27-21(14(2)3)19(29)11-16(13-36)23(31)26-18/h6-7,9,14-17,21-22,35-36H,8,10-13H2,1-5H3,(H,26,31)(H,27,30)(H,28,32). The van der Waals surface area contributed by atoms with Crippen molar-refractivity contribution in [1.29, 1.82) is 0 Å². The van der Waals surface area contributed by atoms with Gasteiger partial charge < -0.3 is 20.7 Å². The third-order valence-electron chi connectivity index (χ3n) is 5.67. The Hall–Kier alpha value is -2.27. The van der Waals surface area contributed by atoms with Gasteiger partial charge in [0.15, 0.2) is 5.78 Å². The second-order valence-electron chi connectivity index (χ2n) is 9.35. The van der Waals surface area contributed by atoms with E-state index >= 15 is 0 Å². The van der Waals surface area contributed by atoms with E-state index < -0.39 is 47.8 Å². The van der Waals surface area contributed by atoms with Crippen LogP contribution in [0.4, 0.5) is 0 Å². The number of nitrogens with one attached hydrogen (secondary N) is 3. The predicted molar refractivity (Wildman–Crippen MR) is 145 cm³/mol. The molecule has 4 atom stereocenters. The molecule has 0 aromatic carbocycles. The minimum atomic E-state index is -1.02. The van der Waals surface area contributed by atoms with E-state index in [1.54, 1.807) is 46.8 Å². The zero-order valence-electron chi connectivity index (χ0n) is 21.6. The molecule has 1 aliphatic rings. The first-order chi connectivity index (χ1) is 16.9. The smallest absolute Gasteiger partial charge is 0.329 e. The predicted octanol–water partition coefficient (Wildman–Crippen LogP) is 1.98. The maximum Gasteiger partial charge on any atom is 0.329 e. The monoisotopic (exact) mass is 541 g/mol. The van der Waals surface area contributed by atoms with E-state index in [4.69, 9.17) is 4.74 Å². The summed E-state index contributed by atoms with van der Waals surface area (Å²) in [5.74, 6) is -3.51. The molecule has 3 N–H and O–H groups in total. The molecule has 0 radical (unpaired) electrons. The van der Waals surface area contributed by atoms with Crippen LogP contribution in [-0.2, 0) is 28.7 Å². The summed E-state index contributed by atoms with van der Waals surface area (Å²) in [6, 6.07) is -1.86. The molecule has 11 heteroatoms. The van der Waals surface area contributed by atoms with Gasteiger partial charge in [0, 0.05) is 12.2 Å². The zero-order valence-corrected chi connectivity index (χ0v) is 23.4. The second kappa shape index (κ2) is 15.8. The van der Waals surface area contributed by atoms with Crippen molar-refractivity contribution in [3.05, 3.63) is 23.9 Å². The molecular formula is C25H39N3O6S2. The molecule has 0 saturated carbocycles. The number of amides is 3. The van der Waals surface area contributed by atoms with E-state index in [1.807, 2.05) is 0 Å². The molecule has 36 heavy (non-hydrogen) atoms. The van der Waals surface area contributed by atoms with E-state index in [-0.39, 0.29) is 41.9 Å². The Labute approximate surface area is 224 Å². The molecule has 4 unspecified atom stereocenters. The van der Waals surface area contributed by atoms with Crippen molar-refractivity contribution in [3.8, 4) is 0 Å². The van der Waals surface area contributed by atoms with E-state index in [1.165, 1.54) is 6.08 Å². The van der Waals surface area contributed by atoms with Gasteiger partial charge in [-0.1, -0.05) is 39.8 Å². The van der Waals surface area contributed by atoms with Crippen molar-refractivity contribution in [3.63, 3.8) is 0 Å². The molecule has 1 fully saturated rings. The van der Waals surface area contributed by atoms with Crippen LogP contribution in [0.2, 0.25) is 0 Å². The average molecular weight is 542 g/mol. The first kappa shape index (κ1) is 31.8. The number of cyclic esters (lactones) is 1. The van der Waals surface area contributed by atoms with Crippen LogP contribution in [0.3, 0.4) is 0 Å². The fraction of sp³-hybridized carbons (Fsp3) is 0.640. The highest BCUT2D eigenvalue weighted by Crippen LogP contribution is 2.16. The van der Waals surface area contributed by atoms with Crippen LogP contribution in [-0.4, -0.2) is 59.2 Å². The SMILES string of the molecule is CC=C1NC(=O)C(CS)CC(=O)C(C(C)C)NC(=O)CC(C=CCCS)OC(=O)C(C(C)C)NC1=O. The molecule has 1 heterocycles. The van der Waals surface area contributed by atoms with Crippen LogP contribution < -0.4 is 16.0 Å². The number of thiol groups is 2. The van der Waals surface area contributed by atoms with Gasteiger partial charge in [0.2, 0.25) is 11.8 Å². The number of carbonyl (C=O) groups is 5. The molecule has 9 nitrogen and oxygen atoms in total. The van der Waals surface area contributed by atoms with E-state index in [2.05, 4.69) is 41.2 Å². The maximum absolute atomic E-state index is 13.1. The number of hydrogen-bond acceptors (Lipinski definition) is 8. The lowest BCUT2D eigenvalue weighted by atomic mass is 9.92. The summed E-state index contributed by atoms with van der Waals surface area (Å²) in [5, 5.41) is 7.89. The van der Waals surface area contributed by atoms with Crippen molar-refractivity contribution in [2.45, 2.75) is 72.1 Å². The Morgan fingerprint density at radius 2 is 1.61 bits per heavy atom. The summed E-state index contributed by atoms with van der Waals surface area (Å²) in [6.07, 6.45) is 4.11. The number of ether oxygens (including phenoxy) is 1. The molecular weight excluding hydrogens is 502 g/mol. The molecule has 0 aliphatic carbocycles. The van der Waals surface area contributed by atoms with Gasteiger partial charge in [-0.3, -0.25) is 19.2 Å². The number of carbonyl (C=O) groups excluding carboxylic acids is 5. The highest BCUT2D eigenvalue weighted by molar-refractivity contribution is 7.80. The van der Waals surface area contributed by atoms with Gasteiger partial charge in [0.05, 0.1) is 18.4 Å². The highest BCUT2D eigenvalue weighted by Gasteiger charge is 2.33. The third-order valence-corrected chi connectivity index (χ3v) is 6.37. The lowest BCUT2D eigenvalue weighted by Gasteiger charge is -2.27. The van der Waals surface area contributed by atoms with Gasteiger partial charge in [-0.05, 0) is 37.0 Å². The van der Waals surface area contributed by atoms with Crippen molar-refractivity contribution in [2.75, 3.05) is 11.5 Å². The van der Waals surface area contributed by atoms with Crippen LogP contribution >= 0.6 is 25.3 Å². The van der Waals surface area contributed by atoms with Gasteiger partial charge in [0.25, 0.3) is 5.91 Å². The fourth-order valence-electron chi connectivity index (χ4n) is 3.55. The second-order valence-corrected chi connectivity index (χ2v) is 10.2. The summed E-state index contributed by atoms with van der Waals surface area (Å²) in [6.45, 7) is 8.64. The molecule has 0 aromatic heterocycles. The third kappa shape index (κ3) is 10.0. The summed E-state index contributed by atoms with van der Waals surface area (Å²) in [5.41, 5.74) is -0.0521. The number of allylic oxidation sites excluding steroid dienone is 2. The van der Waals surface area contributed by atoms with Gasteiger partial charge in [-0.25, -0.2) is 4.79 Å². The summed E-state index contributed by atoms with van der Waals surface area (Å²) < 4.78 is 5.61. The molecule has 0 spiro atoms. The summed E-state index contributed by atoms with van der Waals surface area (Å²) >= 11 is 8.38. The number of ketones is 1. The Morgan fingerprint density at radius 1 is 0.972 bits per heavy atom. The van der Waals surface area contributed by atoms with Gasteiger partial charge in [0.1, 0.15) is 17.8 Å². The number of esters is 1. The Morgan fingerprint density at radius 3 is 2.14 bits per heavy atom. The fourth-order valence-corrected chi connectivity index (χ4v) is 3.99. The van der Waals surface area contributed by atoms with Crippen LogP contribution in [0.15, 0.2) is 23.9 Å². The van der Waals surface area contributed by atoms with Crippen LogP contribution in [0, 0.1) is 17.8 Å². The molecule has 0 bridgehead atoms. The average Bonchev–Trinajstić information content (AvgIpc) is 2.81. The highest BCUT2D eigenvalue weighted by atomic mass is 32.1. The van der Waals surface area contributed by atoms with Crippen LogP contribution in [0.5, 0.6) is 0 Å². The number of rotatable bonds is 6. The number of hydrogen-bond donors (Lipinski definition) is 5. The molecule has 1 aliphatic heterocycles. The lowest BCUT2D eigenvalue weighted by Crippen LogP contribution is -2.50. The summed E-state index contributed by atoms with van der Waals surface area (Å²) in [7, 11) is 0. The molecule has 0 aromatic rings. The first-order valence-corrected chi connectivity index (χ1v) is 13.4. The molecule has 1 saturated heterocycles. The van der Waals surface area contributed by atoms with E-state index in [9.17, 15) is 24.0 Å². The Kier molecular flexibility index (Phi) is 13.9. The zero-order chi connectivity index (χ0) is 27.4. The number of Topliss-reactive ketones (excluding diaryl/α,β-unsaturated/α-hetero) is 1. The van der Waals surface area contributed by atoms with Gasteiger partial charge in [-0.2, -0.15) is 25.3 Å². The summed E-state index contributed by atoms with van der Waals surface area (Å²) in [4.78, 5) is 64.7. The van der Waals surface area contributed by atoms with Crippen molar-refractivity contribution in [1.82, 2.24) is 16.0 Å². The molecule has 3 amide bonds. The largest absolute Gasteiger partial charge is 0.456 e. The minimum absolute atomic E-state index is 0.0521. The minimum Gasteiger partial charge on any atom is -0.456 e. The molecule has 202 valence electrons. The molecule has 1 rings (SSSR count). The maximum atomic E-state index is 13.1. The van der Waals surface area contributed by atoms with Gasteiger partial charge in [-0.15, -0.1) is 0 Å². The van der Waals surface area contributed by atoms with Crippen LogP contribution in [0.1, 0.15) is 53.9 Å². The van der Waals surface area contributed by atoms with E-state index in [0.29, 0.717) is 12.2 Å². The topological polar surface area (TPSA) is 131 Å². The Balaban J connectivity index is 3.43. The van der Waals surface area contributed by atoms with Crippen molar-refractivity contribution >= 4 is 54.7 Å². The Bertz CT molecular complexity index is 872. The van der Waals surface area contributed by atoms with Crippen LogP contribution in [0.25, 0.3) is 0 Å². The van der Waals surface area contributed by atoms with Crippen molar-refractivity contribution in [2.24, 2.45) is 17.8 Å². The quantitative estimate of drug-likeness (QED) is 0.151. The normalized spacial score (nSPS) is 26.8. The first-order valence-electron chi connectivity index (χ1n) is 12.1. The van der Waals surface area contributed by atoms with E-state index in [0.717, 1.165) is 0 Å².